The molecule has 1 saturated carbocycles. The molecule has 0 radical (unpaired) electrons. The van der Waals surface area contributed by atoms with E-state index in [9.17, 15) is 20.1 Å². The number of nitrogens with one attached hydrogen (secondary N) is 1. The lowest BCUT2D eigenvalue weighted by Crippen LogP contribution is -2.36. The number of carbonyl (C=O) groups is 2. The van der Waals surface area contributed by atoms with Gasteiger partial charge in [0.1, 0.15) is 0 Å². The van der Waals surface area contributed by atoms with E-state index >= 15 is 0 Å². The van der Waals surface area contributed by atoms with E-state index in [1.54, 1.807) is 6.92 Å². The van der Waals surface area contributed by atoms with Crippen LogP contribution < -0.4 is 5.32 Å². The SMILES string of the molecule is CCCCC1(C)[C@]2(C#N)C(=O)NC(=O)[C@]12C#N. The summed E-state index contributed by atoms with van der Waals surface area (Å²) in [4.78, 5) is 23.6. The molecule has 0 aromatic heterocycles. The minimum atomic E-state index is -1.47. The number of rotatable bonds is 3. The molecule has 2 fully saturated rings. The topological polar surface area (TPSA) is 93.8 Å². The molecule has 2 rings (SSSR count). The number of hydrogen-bond donors (Lipinski definition) is 1. The average Bonchev–Trinajstić information content (AvgIpc) is 2.70. The van der Waals surface area contributed by atoms with E-state index in [2.05, 4.69) is 5.32 Å². The first-order chi connectivity index (χ1) is 7.98. The van der Waals surface area contributed by atoms with Crippen molar-refractivity contribution in [2.24, 2.45) is 16.2 Å². The van der Waals surface area contributed by atoms with Crippen LogP contribution in [0.1, 0.15) is 33.1 Å². The molecule has 1 saturated heterocycles. The fourth-order valence-corrected chi connectivity index (χ4v) is 3.34. The fourth-order valence-electron chi connectivity index (χ4n) is 3.34. The van der Waals surface area contributed by atoms with Gasteiger partial charge in [0.25, 0.3) is 0 Å². The number of hydrogen-bond acceptors (Lipinski definition) is 4. The first kappa shape index (κ1) is 11.6. The van der Waals surface area contributed by atoms with Gasteiger partial charge in [0.05, 0.1) is 12.1 Å². The van der Waals surface area contributed by atoms with Crippen molar-refractivity contribution in [3.05, 3.63) is 0 Å². The Morgan fingerprint density at radius 2 is 1.65 bits per heavy atom. The predicted molar refractivity (Wildman–Crippen MR) is 56.9 cm³/mol. The van der Waals surface area contributed by atoms with Crippen LogP contribution in [0.4, 0.5) is 0 Å². The normalized spacial score (nSPS) is 42.4. The van der Waals surface area contributed by atoms with E-state index in [1.165, 1.54) is 0 Å². The minimum absolute atomic E-state index is 0.545. The summed E-state index contributed by atoms with van der Waals surface area (Å²) in [6.07, 6.45) is 2.24. The Bertz CT molecular complexity index is 461. The molecule has 0 spiro atoms. The van der Waals surface area contributed by atoms with Crippen molar-refractivity contribution >= 4 is 11.8 Å². The van der Waals surface area contributed by atoms with Gasteiger partial charge in [-0.15, -0.1) is 0 Å². The maximum absolute atomic E-state index is 11.8. The van der Waals surface area contributed by atoms with Gasteiger partial charge in [0.2, 0.25) is 11.8 Å². The fraction of sp³-hybridized carbons (Fsp3) is 0.667. The summed E-state index contributed by atoms with van der Waals surface area (Å²) in [6.45, 7) is 3.69. The number of fused-ring (bicyclic) bond motifs is 1. The Labute approximate surface area is 99.4 Å². The van der Waals surface area contributed by atoms with Gasteiger partial charge >= 0.3 is 0 Å². The van der Waals surface area contributed by atoms with Crippen LogP contribution in [-0.2, 0) is 9.59 Å². The second kappa shape index (κ2) is 3.07. The van der Waals surface area contributed by atoms with Crippen molar-refractivity contribution in [2.75, 3.05) is 0 Å². The molecule has 2 aliphatic rings. The van der Waals surface area contributed by atoms with Crippen LogP contribution in [0, 0.1) is 38.9 Å². The zero-order chi connectivity index (χ0) is 12.9. The van der Waals surface area contributed by atoms with E-state index in [4.69, 9.17) is 0 Å². The highest BCUT2D eigenvalue weighted by Crippen LogP contribution is 2.81. The van der Waals surface area contributed by atoms with Gasteiger partial charge in [0, 0.05) is 5.41 Å². The van der Waals surface area contributed by atoms with Crippen LogP contribution >= 0.6 is 0 Å². The second-order valence-corrected chi connectivity index (χ2v) is 4.94. The Balaban J connectivity index is 2.53. The highest BCUT2D eigenvalue weighted by molar-refractivity contribution is 6.19. The number of imide groups is 1. The smallest absolute Gasteiger partial charge is 0.249 e. The zero-order valence-corrected chi connectivity index (χ0v) is 9.83. The standard InChI is InChI=1S/C12H13N3O2/c1-3-4-5-10(2)11(6-13)8(16)15-9(17)12(10,11)7-14/h3-5H2,1-2H3,(H,15,16,17)/t10?,11-,12+. The third-order valence-corrected chi connectivity index (χ3v) is 4.43. The first-order valence-electron chi connectivity index (χ1n) is 5.67. The molecule has 5 nitrogen and oxygen atoms in total. The molecule has 1 heterocycles. The van der Waals surface area contributed by atoms with Crippen molar-refractivity contribution in [3.63, 3.8) is 0 Å². The molecule has 1 unspecified atom stereocenters. The van der Waals surface area contributed by atoms with Crippen molar-refractivity contribution in [2.45, 2.75) is 33.1 Å². The van der Waals surface area contributed by atoms with Gasteiger partial charge in [-0.05, 0) is 6.42 Å². The lowest BCUT2D eigenvalue weighted by Gasteiger charge is -2.17. The number of nitriles is 2. The first-order valence-corrected chi connectivity index (χ1v) is 5.67. The summed E-state index contributed by atoms with van der Waals surface area (Å²) in [7, 11) is 0. The predicted octanol–water partition coefficient (Wildman–Crippen LogP) is 0.873. The van der Waals surface area contributed by atoms with E-state index in [-0.39, 0.29) is 0 Å². The Morgan fingerprint density at radius 3 is 2.00 bits per heavy atom. The van der Waals surface area contributed by atoms with Crippen LogP contribution in [0.2, 0.25) is 0 Å². The van der Waals surface area contributed by atoms with Gasteiger partial charge in [0.15, 0.2) is 10.8 Å². The maximum Gasteiger partial charge on any atom is 0.249 e. The van der Waals surface area contributed by atoms with Crippen molar-refractivity contribution in [3.8, 4) is 12.1 Å². The molecule has 5 heteroatoms. The molecule has 3 atom stereocenters. The number of unbranched alkanes of at least 4 members (excludes halogenated alkanes) is 1. The number of amides is 2. The van der Waals surface area contributed by atoms with Crippen LogP contribution in [0.3, 0.4) is 0 Å². The van der Waals surface area contributed by atoms with Gasteiger partial charge in [-0.2, -0.15) is 10.5 Å². The number of piperidine rings is 1. The van der Waals surface area contributed by atoms with E-state index in [0.29, 0.717) is 6.42 Å². The zero-order valence-electron chi connectivity index (χ0n) is 9.83. The monoisotopic (exact) mass is 231 g/mol. The van der Waals surface area contributed by atoms with Gasteiger partial charge < -0.3 is 0 Å². The molecule has 1 aliphatic carbocycles. The third kappa shape index (κ3) is 0.826. The summed E-state index contributed by atoms with van der Waals surface area (Å²) in [5.74, 6) is -1.21. The Hall–Kier alpha value is -1.88. The van der Waals surface area contributed by atoms with Crippen molar-refractivity contribution < 1.29 is 9.59 Å². The lowest BCUT2D eigenvalue weighted by atomic mass is 9.88. The van der Waals surface area contributed by atoms with Crippen LogP contribution in [-0.4, -0.2) is 11.8 Å². The number of carbonyl (C=O) groups excluding carboxylic acids is 2. The third-order valence-electron chi connectivity index (χ3n) is 4.43. The molecule has 88 valence electrons. The molecule has 1 N–H and O–H groups in total. The lowest BCUT2D eigenvalue weighted by molar-refractivity contribution is -0.130. The van der Waals surface area contributed by atoms with Crippen LogP contribution in [0.15, 0.2) is 0 Å². The van der Waals surface area contributed by atoms with Gasteiger partial charge in [-0.25, -0.2) is 0 Å². The summed E-state index contributed by atoms with van der Waals surface area (Å²) in [5.41, 5.74) is -3.78. The highest BCUT2D eigenvalue weighted by atomic mass is 16.2. The largest absolute Gasteiger partial charge is 0.293 e. The average molecular weight is 231 g/mol. The minimum Gasteiger partial charge on any atom is -0.293 e. The molecule has 0 aromatic carbocycles. The van der Waals surface area contributed by atoms with Crippen molar-refractivity contribution in [1.29, 1.82) is 10.5 Å². The molecule has 0 aromatic rings. The van der Waals surface area contributed by atoms with Crippen LogP contribution in [0.25, 0.3) is 0 Å². The summed E-state index contributed by atoms with van der Waals surface area (Å²) in [5, 5.41) is 20.7. The number of nitrogens with zero attached hydrogens (tertiary/aromatic N) is 2. The van der Waals surface area contributed by atoms with E-state index in [0.717, 1.165) is 12.8 Å². The Morgan fingerprint density at radius 1 is 1.18 bits per heavy atom. The van der Waals surface area contributed by atoms with Gasteiger partial charge in [-0.3, -0.25) is 14.9 Å². The molecule has 0 bridgehead atoms. The highest BCUT2D eigenvalue weighted by Gasteiger charge is 2.96. The molecule has 1 aliphatic heterocycles. The van der Waals surface area contributed by atoms with E-state index < -0.39 is 28.1 Å². The maximum atomic E-state index is 11.8. The quantitative estimate of drug-likeness (QED) is 0.729. The summed E-state index contributed by atoms with van der Waals surface area (Å²) < 4.78 is 0. The molecule has 2 amide bonds. The Kier molecular flexibility index (Phi) is 2.10. The van der Waals surface area contributed by atoms with Gasteiger partial charge in [-0.1, -0.05) is 26.7 Å². The molecule has 17 heavy (non-hydrogen) atoms. The van der Waals surface area contributed by atoms with Crippen LogP contribution in [0.5, 0.6) is 0 Å². The van der Waals surface area contributed by atoms with Crippen molar-refractivity contribution in [1.82, 2.24) is 5.32 Å². The summed E-state index contributed by atoms with van der Waals surface area (Å²) >= 11 is 0. The van der Waals surface area contributed by atoms with E-state index in [1.807, 2.05) is 19.1 Å². The second-order valence-electron chi connectivity index (χ2n) is 4.94. The molecular formula is C12H13N3O2. The summed E-state index contributed by atoms with van der Waals surface area (Å²) in [6, 6.07) is 3.86. The molecular weight excluding hydrogens is 218 g/mol.